The lowest BCUT2D eigenvalue weighted by molar-refractivity contribution is -0.151. The molecule has 0 spiro atoms. The fraction of sp³-hybridized carbons (Fsp3) is 0.500. The number of nitrogens with one attached hydrogen (secondary N) is 2. The zero-order valence-corrected chi connectivity index (χ0v) is 18.4. The van der Waals surface area contributed by atoms with Gasteiger partial charge in [0, 0.05) is 25.5 Å². The number of benzene rings is 1. The zero-order chi connectivity index (χ0) is 22.8. The number of esters is 1. The van der Waals surface area contributed by atoms with Gasteiger partial charge in [-0.3, -0.25) is 10.0 Å². The van der Waals surface area contributed by atoms with Crippen LogP contribution in [0.3, 0.4) is 0 Å². The van der Waals surface area contributed by atoms with E-state index in [1.807, 2.05) is 30.3 Å². The average Bonchev–Trinajstić information content (AvgIpc) is 3.21. The van der Waals surface area contributed by atoms with Gasteiger partial charge < -0.3 is 15.0 Å². The fourth-order valence-electron chi connectivity index (χ4n) is 5.26. The predicted molar refractivity (Wildman–Crippen MR) is 120 cm³/mol. The highest BCUT2D eigenvalue weighted by Gasteiger charge is 2.55. The maximum Gasteiger partial charge on any atom is 0.328 e. The maximum absolute atomic E-state index is 13.0. The quantitative estimate of drug-likeness (QED) is 0.317. The molecule has 5 rings (SSSR count). The van der Waals surface area contributed by atoms with Gasteiger partial charge in [-0.1, -0.05) is 30.3 Å². The number of amides is 1. The number of carbonyl (C=O) groups is 2. The molecule has 3 fully saturated rings. The monoisotopic (exact) mass is 451 g/mol. The molecule has 3 atom stereocenters. The van der Waals surface area contributed by atoms with Crippen molar-refractivity contribution in [1.82, 2.24) is 20.8 Å². The van der Waals surface area contributed by atoms with Crippen molar-refractivity contribution < 1.29 is 19.5 Å². The molecular formula is C24H29N5O4. The van der Waals surface area contributed by atoms with Crippen LogP contribution in [-0.4, -0.2) is 52.8 Å². The van der Waals surface area contributed by atoms with Gasteiger partial charge in [0.1, 0.15) is 12.1 Å². The highest BCUT2D eigenvalue weighted by atomic mass is 16.5. The van der Waals surface area contributed by atoms with Crippen LogP contribution in [-0.2, 0) is 9.53 Å². The number of piperidine rings is 1. The van der Waals surface area contributed by atoms with Crippen molar-refractivity contribution in [3.63, 3.8) is 0 Å². The molecular weight excluding hydrogens is 422 g/mol. The van der Waals surface area contributed by atoms with E-state index in [0.717, 1.165) is 50.9 Å². The number of nitrogens with zero attached hydrogens (tertiary/aromatic N) is 3. The largest absolute Gasteiger partial charge is 0.461 e. The minimum absolute atomic E-state index is 0.0502. The van der Waals surface area contributed by atoms with E-state index in [4.69, 9.17) is 9.94 Å². The summed E-state index contributed by atoms with van der Waals surface area (Å²) < 4.78 is 5.81. The Morgan fingerprint density at radius 1 is 1.09 bits per heavy atom. The smallest absolute Gasteiger partial charge is 0.328 e. The number of ether oxygens (including phenoxy) is 1. The summed E-state index contributed by atoms with van der Waals surface area (Å²) in [4.78, 5) is 35.0. The number of anilines is 1. The van der Waals surface area contributed by atoms with Crippen molar-refractivity contribution >= 4 is 17.8 Å². The molecule has 9 heteroatoms. The summed E-state index contributed by atoms with van der Waals surface area (Å²) in [5.74, 6) is 1.35. The van der Waals surface area contributed by atoms with E-state index in [1.54, 1.807) is 5.48 Å². The molecule has 1 aromatic heterocycles. The summed E-state index contributed by atoms with van der Waals surface area (Å²) in [5, 5.41) is 12.2. The van der Waals surface area contributed by atoms with Crippen molar-refractivity contribution in [1.29, 1.82) is 0 Å². The van der Waals surface area contributed by atoms with Crippen LogP contribution in [0.5, 0.6) is 0 Å². The second-order valence-corrected chi connectivity index (χ2v) is 9.20. The molecule has 33 heavy (non-hydrogen) atoms. The number of hydroxylamine groups is 1. The lowest BCUT2D eigenvalue weighted by Crippen LogP contribution is -2.35. The molecule has 2 heterocycles. The molecule has 174 valence electrons. The predicted octanol–water partition coefficient (Wildman–Crippen LogP) is 2.09. The lowest BCUT2D eigenvalue weighted by atomic mass is 10.1. The summed E-state index contributed by atoms with van der Waals surface area (Å²) in [6, 6.07) is 9.35. The third-order valence-electron chi connectivity index (χ3n) is 7.17. The number of rotatable bonds is 8. The summed E-state index contributed by atoms with van der Waals surface area (Å²) >= 11 is 0. The van der Waals surface area contributed by atoms with Crippen LogP contribution >= 0.6 is 0 Å². The summed E-state index contributed by atoms with van der Waals surface area (Å²) in [6.45, 7) is 2.47. The minimum atomic E-state index is -0.628. The standard InChI is InChI=1S/C24H29N5O4/c30-22(28-32)16-10-26-24(27-11-16)29-13-19-18(20(19)14-29)12-25-21(15-6-2-1-3-7-15)23(31)33-17-8-4-5-9-17/h1-3,6-7,10-11,17-21,25,32H,4-5,8-9,12-14H2,(H,28,30)/t18?,19?,20?,21-/m0/s1. The summed E-state index contributed by atoms with van der Waals surface area (Å²) in [6.07, 6.45) is 7.06. The van der Waals surface area contributed by atoms with Crippen LogP contribution in [0, 0.1) is 17.8 Å². The van der Waals surface area contributed by atoms with Crippen molar-refractivity contribution in [3.05, 3.63) is 53.9 Å². The van der Waals surface area contributed by atoms with E-state index in [1.165, 1.54) is 12.4 Å². The molecule has 0 radical (unpaired) electrons. The van der Waals surface area contributed by atoms with Crippen LogP contribution in [0.1, 0.15) is 47.6 Å². The van der Waals surface area contributed by atoms with Crippen LogP contribution in [0.4, 0.5) is 5.95 Å². The van der Waals surface area contributed by atoms with E-state index in [-0.39, 0.29) is 17.6 Å². The Balaban J connectivity index is 1.16. The van der Waals surface area contributed by atoms with Crippen LogP contribution in [0.15, 0.2) is 42.7 Å². The van der Waals surface area contributed by atoms with E-state index < -0.39 is 11.9 Å². The maximum atomic E-state index is 13.0. The van der Waals surface area contributed by atoms with Gasteiger partial charge in [-0.05, 0) is 55.5 Å². The van der Waals surface area contributed by atoms with Crippen LogP contribution in [0.25, 0.3) is 0 Å². The van der Waals surface area contributed by atoms with E-state index in [2.05, 4.69) is 20.2 Å². The van der Waals surface area contributed by atoms with Gasteiger partial charge in [-0.15, -0.1) is 0 Å². The highest BCUT2D eigenvalue weighted by molar-refractivity contribution is 5.92. The van der Waals surface area contributed by atoms with Gasteiger partial charge in [0.2, 0.25) is 5.95 Å². The van der Waals surface area contributed by atoms with Gasteiger partial charge in [-0.2, -0.15) is 0 Å². The molecule has 9 nitrogen and oxygen atoms in total. The normalized spacial score (nSPS) is 24.9. The molecule has 1 saturated heterocycles. The second kappa shape index (κ2) is 9.44. The van der Waals surface area contributed by atoms with Crippen molar-refractivity contribution in [2.24, 2.45) is 17.8 Å². The molecule has 1 amide bonds. The molecule has 2 saturated carbocycles. The molecule has 2 aromatic rings. The Labute approximate surface area is 192 Å². The topological polar surface area (TPSA) is 117 Å². The molecule has 2 unspecified atom stereocenters. The Hall–Kier alpha value is -3.04. The SMILES string of the molecule is O=C(NO)c1cnc(N2CC3C(CN[C@H](C(=O)OC4CCCC4)c4ccccc4)C3C2)nc1. The zero-order valence-electron chi connectivity index (χ0n) is 18.4. The van der Waals surface area contributed by atoms with Gasteiger partial charge in [0.15, 0.2) is 0 Å². The molecule has 0 bridgehead atoms. The van der Waals surface area contributed by atoms with Gasteiger partial charge in [0.25, 0.3) is 5.91 Å². The van der Waals surface area contributed by atoms with Crippen LogP contribution < -0.4 is 15.7 Å². The highest BCUT2D eigenvalue weighted by Crippen LogP contribution is 2.52. The van der Waals surface area contributed by atoms with Crippen LogP contribution in [0.2, 0.25) is 0 Å². The molecule has 3 aliphatic rings. The average molecular weight is 452 g/mol. The Morgan fingerprint density at radius 3 is 2.39 bits per heavy atom. The van der Waals surface area contributed by atoms with Gasteiger partial charge in [0.05, 0.1) is 5.56 Å². The number of aromatic nitrogens is 2. The minimum Gasteiger partial charge on any atom is -0.461 e. The summed E-state index contributed by atoms with van der Waals surface area (Å²) in [7, 11) is 0. The first kappa shape index (κ1) is 21.8. The van der Waals surface area contributed by atoms with Gasteiger partial charge in [-0.25, -0.2) is 20.2 Å². The number of hydrogen-bond acceptors (Lipinski definition) is 8. The van der Waals surface area contributed by atoms with E-state index in [0.29, 0.717) is 23.7 Å². The number of hydrogen-bond donors (Lipinski definition) is 3. The molecule has 2 aliphatic carbocycles. The first-order chi connectivity index (χ1) is 16.1. The van der Waals surface area contributed by atoms with Crippen molar-refractivity contribution in [2.45, 2.75) is 37.8 Å². The number of carbonyl (C=O) groups excluding carboxylic acids is 2. The third kappa shape index (κ3) is 4.69. The summed E-state index contributed by atoms with van der Waals surface area (Å²) in [5.41, 5.74) is 2.73. The fourth-order valence-corrected chi connectivity index (χ4v) is 5.26. The first-order valence-electron chi connectivity index (χ1n) is 11.6. The number of fused-ring (bicyclic) bond motifs is 1. The Kier molecular flexibility index (Phi) is 6.24. The first-order valence-corrected chi connectivity index (χ1v) is 11.6. The molecule has 1 aliphatic heterocycles. The Bertz CT molecular complexity index is 968. The molecule has 1 aromatic carbocycles. The van der Waals surface area contributed by atoms with E-state index in [9.17, 15) is 9.59 Å². The Morgan fingerprint density at radius 2 is 1.76 bits per heavy atom. The van der Waals surface area contributed by atoms with Crippen molar-refractivity contribution in [2.75, 3.05) is 24.5 Å². The lowest BCUT2D eigenvalue weighted by Gasteiger charge is -2.23. The second-order valence-electron chi connectivity index (χ2n) is 9.20. The third-order valence-corrected chi connectivity index (χ3v) is 7.17. The van der Waals surface area contributed by atoms with E-state index >= 15 is 0 Å². The molecule has 3 N–H and O–H groups in total. The van der Waals surface area contributed by atoms with Crippen molar-refractivity contribution in [3.8, 4) is 0 Å². The van der Waals surface area contributed by atoms with Gasteiger partial charge >= 0.3 is 5.97 Å².